The second-order valence-electron chi connectivity index (χ2n) is 5.00. The zero-order chi connectivity index (χ0) is 15.0. The Morgan fingerprint density at radius 2 is 1.90 bits per heavy atom. The lowest BCUT2D eigenvalue weighted by Crippen LogP contribution is -2.35. The zero-order valence-corrected chi connectivity index (χ0v) is 13.7. The summed E-state index contributed by atoms with van der Waals surface area (Å²) in [5, 5.41) is 0. The Hall–Kier alpha value is -1.53. The molecule has 0 atom stereocenters. The molecule has 0 bridgehead atoms. The number of rotatable bonds is 2. The highest BCUT2D eigenvalue weighted by molar-refractivity contribution is 9.10. The van der Waals surface area contributed by atoms with Crippen LogP contribution in [0.25, 0.3) is 0 Å². The maximum atomic E-state index is 12.9. The molecule has 1 aliphatic rings. The van der Waals surface area contributed by atoms with Crippen molar-refractivity contribution < 1.29 is 8.42 Å². The van der Waals surface area contributed by atoms with Crippen LogP contribution in [-0.4, -0.2) is 15.0 Å². The molecule has 4 nitrogen and oxygen atoms in total. The quantitative estimate of drug-likeness (QED) is 0.830. The fourth-order valence-electron chi connectivity index (χ4n) is 2.58. The van der Waals surface area contributed by atoms with E-state index in [-0.39, 0.29) is 4.90 Å². The maximum Gasteiger partial charge on any atom is 0.265 e. The fourth-order valence-corrected chi connectivity index (χ4v) is 5.08. The number of halogens is 1. The number of nitrogens with zero attached hydrogens (tertiary/aromatic N) is 1. The summed E-state index contributed by atoms with van der Waals surface area (Å²) in [6, 6.07) is 12.3. The summed E-state index contributed by atoms with van der Waals surface area (Å²) in [6.07, 6.45) is 1.68. The molecule has 2 aromatic rings. The first-order chi connectivity index (χ1) is 10.00. The van der Waals surface area contributed by atoms with Gasteiger partial charge in [0.25, 0.3) is 10.0 Å². The minimum absolute atomic E-state index is 0.278. The SMILES string of the molecule is Nc1ccc2c(c1)N(S(=O)(=O)c1ccccc1Br)CCC2. The molecule has 2 aromatic carbocycles. The van der Waals surface area contributed by atoms with Gasteiger partial charge in [0.2, 0.25) is 0 Å². The molecule has 1 heterocycles. The summed E-state index contributed by atoms with van der Waals surface area (Å²) in [6.45, 7) is 0.472. The van der Waals surface area contributed by atoms with Crippen molar-refractivity contribution in [2.75, 3.05) is 16.6 Å². The van der Waals surface area contributed by atoms with Crippen molar-refractivity contribution in [3.63, 3.8) is 0 Å². The van der Waals surface area contributed by atoms with E-state index >= 15 is 0 Å². The van der Waals surface area contributed by atoms with Gasteiger partial charge in [-0.3, -0.25) is 4.31 Å². The monoisotopic (exact) mass is 366 g/mol. The first kappa shape index (κ1) is 14.4. The second-order valence-corrected chi connectivity index (χ2v) is 7.68. The smallest absolute Gasteiger partial charge is 0.265 e. The number of benzene rings is 2. The lowest BCUT2D eigenvalue weighted by Gasteiger charge is -2.31. The predicted molar refractivity (Wildman–Crippen MR) is 87.8 cm³/mol. The lowest BCUT2D eigenvalue weighted by molar-refractivity contribution is 0.586. The maximum absolute atomic E-state index is 12.9. The number of hydrogen-bond acceptors (Lipinski definition) is 3. The Morgan fingerprint density at radius 1 is 1.14 bits per heavy atom. The molecule has 1 aliphatic heterocycles. The molecule has 21 heavy (non-hydrogen) atoms. The molecular formula is C15H15BrN2O2S. The first-order valence-corrected chi connectivity index (χ1v) is 8.89. The lowest BCUT2D eigenvalue weighted by atomic mass is 10.0. The summed E-state index contributed by atoms with van der Waals surface area (Å²) in [5.41, 5.74) is 8.11. The van der Waals surface area contributed by atoms with Gasteiger partial charge in [0.15, 0.2) is 0 Å². The normalized spacial score (nSPS) is 14.8. The molecule has 3 rings (SSSR count). The van der Waals surface area contributed by atoms with Crippen molar-refractivity contribution in [3.8, 4) is 0 Å². The van der Waals surface area contributed by atoms with E-state index in [1.54, 1.807) is 30.3 Å². The van der Waals surface area contributed by atoms with Gasteiger partial charge in [-0.05, 0) is 58.6 Å². The zero-order valence-electron chi connectivity index (χ0n) is 11.3. The number of nitrogen functional groups attached to an aromatic ring is 1. The summed E-state index contributed by atoms with van der Waals surface area (Å²) in [5.74, 6) is 0. The molecule has 0 saturated heterocycles. The van der Waals surface area contributed by atoms with Gasteiger partial charge < -0.3 is 5.73 Å². The summed E-state index contributed by atoms with van der Waals surface area (Å²) >= 11 is 3.32. The van der Waals surface area contributed by atoms with E-state index in [4.69, 9.17) is 5.73 Å². The number of nitrogens with two attached hydrogens (primary N) is 1. The minimum Gasteiger partial charge on any atom is -0.399 e. The number of aryl methyl sites for hydroxylation is 1. The Kier molecular flexibility index (Phi) is 3.67. The van der Waals surface area contributed by atoms with Gasteiger partial charge in [-0.2, -0.15) is 0 Å². The van der Waals surface area contributed by atoms with E-state index in [1.807, 2.05) is 12.1 Å². The molecule has 0 saturated carbocycles. The number of hydrogen-bond donors (Lipinski definition) is 1. The van der Waals surface area contributed by atoms with Crippen LogP contribution in [0, 0.1) is 0 Å². The van der Waals surface area contributed by atoms with Crippen LogP contribution in [0.2, 0.25) is 0 Å². The standard InChI is InChI=1S/C15H15BrN2O2S/c16-13-5-1-2-6-15(13)21(19,20)18-9-3-4-11-7-8-12(17)10-14(11)18/h1-2,5-8,10H,3-4,9,17H2. The molecule has 0 amide bonds. The van der Waals surface area contributed by atoms with Crippen molar-refractivity contribution >= 4 is 37.3 Å². The molecule has 2 N–H and O–H groups in total. The summed E-state index contributed by atoms with van der Waals surface area (Å²) < 4.78 is 27.9. The number of anilines is 2. The molecule has 110 valence electrons. The van der Waals surface area contributed by atoms with Crippen molar-refractivity contribution in [2.24, 2.45) is 0 Å². The first-order valence-electron chi connectivity index (χ1n) is 6.66. The van der Waals surface area contributed by atoms with Crippen molar-refractivity contribution in [1.82, 2.24) is 0 Å². The molecule has 0 fully saturated rings. The van der Waals surface area contributed by atoms with Crippen LogP contribution in [0.15, 0.2) is 51.8 Å². The van der Waals surface area contributed by atoms with E-state index in [2.05, 4.69) is 15.9 Å². The summed E-state index contributed by atoms with van der Waals surface area (Å²) in [4.78, 5) is 0.278. The third-order valence-electron chi connectivity index (χ3n) is 3.59. The van der Waals surface area contributed by atoms with Crippen LogP contribution in [0.5, 0.6) is 0 Å². The molecule has 0 aromatic heterocycles. The fraction of sp³-hybridized carbons (Fsp3) is 0.200. The highest BCUT2D eigenvalue weighted by atomic mass is 79.9. The van der Waals surface area contributed by atoms with E-state index in [1.165, 1.54) is 4.31 Å². The van der Waals surface area contributed by atoms with Crippen LogP contribution < -0.4 is 10.0 Å². The highest BCUT2D eigenvalue weighted by Crippen LogP contribution is 2.35. The third kappa shape index (κ3) is 2.53. The van der Waals surface area contributed by atoms with E-state index in [0.717, 1.165) is 18.4 Å². The van der Waals surface area contributed by atoms with Crippen LogP contribution in [0.4, 0.5) is 11.4 Å². The van der Waals surface area contributed by atoms with E-state index < -0.39 is 10.0 Å². The molecular weight excluding hydrogens is 352 g/mol. The Morgan fingerprint density at radius 3 is 2.67 bits per heavy atom. The van der Waals surface area contributed by atoms with Crippen molar-refractivity contribution in [2.45, 2.75) is 17.7 Å². The van der Waals surface area contributed by atoms with E-state index in [0.29, 0.717) is 22.4 Å². The molecule has 0 unspecified atom stereocenters. The molecule has 0 radical (unpaired) electrons. The van der Waals surface area contributed by atoms with Gasteiger partial charge in [0, 0.05) is 16.7 Å². The number of sulfonamides is 1. The Labute approximate surface area is 132 Å². The van der Waals surface area contributed by atoms with Crippen LogP contribution in [0.1, 0.15) is 12.0 Å². The van der Waals surface area contributed by atoms with Crippen LogP contribution in [0.3, 0.4) is 0 Å². The van der Waals surface area contributed by atoms with Crippen LogP contribution >= 0.6 is 15.9 Å². The van der Waals surface area contributed by atoms with Gasteiger partial charge in [-0.1, -0.05) is 18.2 Å². The largest absolute Gasteiger partial charge is 0.399 e. The van der Waals surface area contributed by atoms with Crippen molar-refractivity contribution in [3.05, 3.63) is 52.5 Å². The van der Waals surface area contributed by atoms with Crippen molar-refractivity contribution in [1.29, 1.82) is 0 Å². The van der Waals surface area contributed by atoms with E-state index in [9.17, 15) is 8.42 Å². The molecule has 0 spiro atoms. The topological polar surface area (TPSA) is 63.4 Å². The highest BCUT2D eigenvalue weighted by Gasteiger charge is 2.30. The number of fused-ring (bicyclic) bond motifs is 1. The average Bonchev–Trinajstić information content (AvgIpc) is 2.46. The van der Waals surface area contributed by atoms with Gasteiger partial charge in [-0.25, -0.2) is 8.42 Å². The Bertz CT molecular complexity index is 790. The molecule has 0 aliphatic carbocycles. The van der Waals surface area contributed by atoms with Gasteiger partial charge >= 0.3 is 0 Å². The Balaban J connectivity index is 2.14. The van der Waals surface area contributed by atoms with Gasteiger partial charge in [-0.15, -0.1) is 0 Å². The van der Waals surface area contributed by atoms with Gasteiger partial charge in [0.1, 0.15) is 4.90 Å². The van der Waals surface area contributed by atoms with Gasteiger partial charge in [0.05, 0.1) is 5.69 Å². The third-order valence-corrected chi connectivity index (χ3v) is 6.42. The summed E-state index contributed by atoms with van der Waals surface area (Å²) in [7, 11) is -3.59. The average molecular weight is 367 g/mol. The molecule has 6 heteroatoms. The predicted octanol–water partition coefficient (Wildman–Crippen LogP) is 3.17. The second kappa shape index (κ2) is 5.35. The minimum atomic E-state index is -3.59. The van der Waals surface area contributed by atoms with Crippen LogP contribution in [-0.2, 0) is 16.4 Å².